The van der Waals surface area contributed by atoms with Crippen LogP contribution in [-0.2, 0) is 20.4 Å². The number of aryl methyl sites for hydroxylation is 1. The summed E-state index contributed by atoms with van der Waals surface area (Å²) in [6.45, 7) is 7.84. The molecule has 2 aromatic heterocycles. The smallest absolute Gasteiger partial charge is 0.239 e. The van der Waals surface area contributed by atoms with Gasteiger partial charge in [0.1, 0.15) is 10.8 Å². The van der Waals surface area contributed by atoms with E-state index in [9.17, 15) is 13.2 Å². The predicted molar refractivity (Wildman–Crippen MR) is 146 cm³/mol. The molecule has 0 aliphatic heterocycles. The number of nitrogens with one attached hydrogen (secondary N) is 1. The Labute approximate surface area is 224 Å². The Kier molecular flexibility index (Phi) is 8.40. The van der Waals surface area contributed by atoms with Crippen LogP contribution in [0.1, 0.15) is 49.5 Å². The Balaban J connectivity index is 1.62. The molecule has 12 heteroatoms. The summed E-state index contributed by atoms with van der Waals surface area (Å²) in [6, 6.07) is 16.0. The van der Waals surface area contributed by atoms with Crippen molar-refractivity contribution in [1.29, 1.82) is 0 Å². The molecule has 37 heavy (non-hydrogen) atoms. The molecule has 0 saturated carbocycles. The number of hydrogen-bond donors (Lipinski definition) is 1. The number of benzene rings is 2. The third-order valence-electron chi connectivity index (χ3n) is 5.49. The molecule has 0 aliphatic carbocycles. The zero-order valence-electron chi connectivity index (χ0n) is 21.0. The number of hydrogen-bond acceptors (Lipinski definition) is 9. The van der Waals surface area contributed by atoms with Crippen molar-refractivity contribution in [2.75, 3.05) is 5.32 Å². The van der Waals surface area contributed by atoms with Gasteiger partial charge in [0.05, 0.1) is 10.1 Å². The molecule has 1 amide bonds. The van der Waals surface area contributed by atoms with E-state index in [-0.39, 0.29) is 28.3 Å². The lowest BCUT2D eigenvalue weighted by molar-refractivity contribution is -0.115. The second-order valence-electron chi connectivity index (χ2n) is 8.75. The van der Waals surface area contributed by atoms with Crippen molar-refractivity contribution in [3.63, 3.8) is 0 Å². The summed E-state index contributed by atoms with van der Waals surface area (Å²) in [5.41, 5.74) is 1.69. The van der Waals surface area contributed by atoms with Crippen molar-refractivity contribution in [3.8, 4) is 5.69 Å². The van der Waals surface area contributed by atoms with E-state index in [1.807, 2.05) is 58.0 Å². The Morgan fingerprint density at radius 2 is 1.73 bits per heavy atom. The Morgan fingerprint density at radius 3 is 2.35 bits per heavy atom. The first kappa shape index (κ1) is 27.0. The third kappa shape index (κ3) is 6.43. The molecule has 1 N–H and O–H groups in total. The monoisotopic (exact) mass is 556 g/mol. The molecule has 1 atom stereocenters. The fraction of sp³-hybridized carbons (Fsp3) is 0.320. The van der Waals surface area contributed by atoms with Gasteiger partial charge in [-0.2, -0.15) is 0 Å². The maximum absolute atomic E-state index is 13.2. The molecule has 0 saturated heterocycles. The van der Waals surface area contributed by atoms with Crippen molar-refractivity contribution < 1.29 is 13.2 Å². The van der Waals surface area contributed by atoms with Crippen LogP contribution in [0.4, 0.5) is 5.13 Å². The zero-order valence-corrected chi connectivity index (χ0v) is 23.4. The molecule has 0 aliphatic rings. The van der Waals surface area contributed by atoms with Gasteiger partial charge >= 0.3 is 0 Å². The summed E-state index contributed by atoms with van der Waals surface area (Å²) in [6.07, 6.45) is 0.519. The van der Waals surface area contributed by atoms with Crippen LogP contribution in [0, 0.1) is 6.92 Å². The molecule has 4 aromatic rings. The van der Waals surface area contributed by atoms with Crippen LogP contribution in [0.15, 0.2) is 64.6 Å². The number of rotatable bonds is 10. The van der Waals surface area contributed by atoms with Gasteiger partial charge in [-0.1, -0.05) is 79.8 Å². The van der Waals surface area contributed by atoms with Gasteiger partial charge in [-0.15, -0.1) is 20.4 Å². The predicted octanol–water partition coefficient (Wildman–Crippen LogP) is 5.03. The van der Waals surface area contributed by atoms with E-state index in [2.05, 4.69) is 25.7 Å². The molecule has 2 aromatic carbocycles. The summed E-state index contributed by atoms with van der Waals surface area (Å²) >= 11 is 2.58. The van der Waals surface area contributed by atoms with E-state index in [4.69, 9.17) is 0 Å². The summed E-state index contributed by atoms with van der Waals surface area (Å²) in [7, 11) is -3.67. The number of thioether (sulfide) groups is 1. The molecule has 0 fully saturated rings. The molecular formula is C25H28N6O3S3. The lowest BCUT2D eigenvalue weighted by Gasteiger charge is -2.15. The van der Waals surface area contributed by atoms with E-state index in [1.165, 1.54) is 23.1 Å². The molecule has 2 heterocycles. The first-order valence-electron chi connectivity index (χ1n) is 11.8. The van der Waals surface area contributed by atoms with E-state index >= 15 is 0 Å². The topological polar surface area (TPSA) is 120 Å². The lowest BCUT2D eigenvalue weighted by Crippen LogP contribution is -2.25. The second-order valence-corrected chi connectivity index (χ2v) is 12.9. The minimum Gasteiger partial charge on any atom is -0.300 e. The molecule has 9 nitrogen and oxygen atoms in total. The van der Waals surface area contributed by atoms with Gasteiger partial charge in [0, 0.05) is 11.6 Å². The average molecular weight is 557 g/mol. The first-order valence-corrected chi connectivity index (χ1v) is 15.1. The minimum atomic E-state index is -3.67. The Hall–Kier alpha value is -3.09. The van der Waals surface area contributed by atoms with Crippen molar-refractivity contribution in [1.82, 2.24) is 25.0 Å². The van der Waals surface area contributed by atoms with Crippen LogP contribution in [0.5, 0.6) is 0 Å². The van der Waals surface area contributed by atoms with Crippen LogP contribution in [0.2, 0.25) is 0 Å². The molecule has 0 spiro atoms. The molecule has 194 valence electrons. The maximum atomic E-state index is 13.2. The Bertz CT molecular complexity index is 1470. The highest BCUT2D eigenvalue weighted by molar-refractivity contribution is 8.00. The summed E-state index contributed by atoms with van der Waals surface area (Å²) in [5.74, 6) is -0.0614. The van der Waals surface area contributed by atoms with Gasteiger partial charge in [-0.05, 0) is 37.6 Å². The van der Waals surface area contributed by atoms with Crippen LogP contribution in [-0.4, -0.2) is 44.5 Å². The third-order valence-corrected chi connectivity index (χ3v) is 9.56. The summed E-state index contributed by atoms with van der Waals surface area (Å²) < 4.78 is 28.1. The van der Waals surface area contributed by atoms with E-state index in [1.54, 1.807) is 28.8 Å². The van der Waals surface area contributed by atoms with Gasteiger partial charge < -0.3 is 0 Å². The van der Waals surface area contributed by atoms with Gasteiger partial charge in [0.2, 0.25) is 11.0 Å². The quantitative estimate of drug-likeness (QED) is 0.270. The van der Waals surface area contributed by atoms with Gasteiger partial charge in [-0.25, -0.2) is 8.42 Å². The van der Waals surface area contributed by atoms with Crippen LogP contribution < -0.4 is 5.32 Å². The van der Waals surface area contributed by atoms with Crippen molar-refractivity contribution in [2.24, 2.45) is 0 Å². The summed E-state index contributed by atoms with van der Waals surface area (Å²) in [4.78, 5) is 13.3. The van der Waals surface area contributed by atoms with E-state index in [0.717, 1.165) is 10.6 Å². The average Bonchev–Trinajstić information content (AvgIpc) is 3.50. The number of carbonyl (C=O) groups is 1. The number of amides is 1. The first-order chi connectivity index (χ1) is 17.7. The molecular weight excluding hydrogens is 529 g/mol. The fourth-order valence-corrected chi connectivity index (χ4v) is 6.44. The number of sulfone groups is 1. The van der Waals surface area contributed by atoms with Gasteiger partial charge in [0.15, 0.2) is 20.8 Å². The number of carbonyl (C=O) groups excluding carboxylic acids is 1. The van der Waals surface area contributed by atoms with E-state index in [0.29, 0.717) is 22.4 Å². The largest absolute Gasteiger partial charge is 0.300 e. The number of para-hydroxylation sites is 1. The van der Waals surface area contributed by atoms with Crippen LogP contribution in [0.3, 0.4) is 0 Å². The molecule has 1 unspecified atom stereocenters. The van der Waals surface area contributed by atoms with Crippen molar-refractivity contribution >= 4 is 44.0 Å². The molecule has 0 bridgehead atoms. The Morgan fingerprint density at radius 1 is 1.03 bits per heavy atom. The SMILES string of the molecule is CCC(Sc1nnc(CS(=O)(=O)c2ccc(C)cc2)n1-c1ccccc1)C(=O)Nc1nnc(C(C)C)s1. The second kappa shape index (κ2) is 11.5. The van der Waals surface area contributed by atoms with Gasteiger partial charge in [0.25, 0.3) is 0 Å². The number of nitrogens with zero attached hydrogens (tertiary/aromatic N) is 5. The van der Waals surface area contributed by atoms with Crippen molar-refractivity contribution in [3.05, 3.63) is 71.0 Å². The number of anilines is 1. The normalized spacial score (nSPS) is 12.6. The van der Waals surface area contributed by atoms with Crippen LogP contribution in [0.25, 0.3) is 5.69 Å². The molecule has 0 radical (unpaired) electrons. The fourth-order valence-electron chi connectivity index (χ4n) is 3.46. The maximum Gasteiger partial charge on any atom is 0.239 e. The minimum absolute atomic E-state index is 0.221. The summed E-state index contributed by atoms with van der Waals surface area (Å²) in [5, 5.41) is 20.8. The lowest BCUT2D eigenvalue weighted by atomic mass is 10.2. The highest BCUT2D eigenvalue weighted by Gasteiger charge is 2.27. The van der Waals surface area contributed by atoms with Crippen molar-refractivity contribution in [2.45, 2.75) is 61.1 Å². The zero-order chi connectivity index (χ0) is 26.6. The number of aromatic nitrogens is 5. The van der Waals surface area contributed by atoms with Gasteiger partial charge in [-0.3, -0.25) is 14.7 Å². The standard InChI is InChI=1S/C25H28N6O3S3/c1-5-20(22(32)26-24-29-28-23(36-24)16(2)3)35-25-30-27-21(31(25)18-9-7-6-8-10-18)15-37(33,34)19-13-11-17(4)12-14-19/h6-14,16,20H,5,15H2,1-4H3,(H,26,29,32). The highest BCUT2D eigenvalue weighted by atomic mass is 32.2. The van der Waals surface area contributed by atoms with Crippen LogP contribution >= 0.6 is 23.1 Å². The molecule has 4 rings (SSSR count). The highest BCUT2D eigenvalue weighted by Crippen LogP contribution is 2.30. The van der Waals surface area contributed by atoms with E-state index < -0.39 is 15.1 Å².